The van der Waals surface area contributed by atoms with Crippen molar-refractivity contribution < 1.29 is 19.1 Å². The quantitative estimate of drug-likeness (QED) is 0.627. The Morgan fingerprint density at radius 3 is 2.64 bits per heavy atom. The molecule has 0 heterocycles. The summed E-state index contributed by atoms with van der Waals surface area (Å²) in [5.74, 6) is -0.431. The van der Waals surface area contributed by atoms with E-state index in [1.54, 1.807) is 49.6 Å². The van der Waals surface area contributed by atoms with E-state index in [4.69, 9.17) is 21.1 Å². The van der Waals surface area contributed by atoms with Gasteiger partial charge in [-0.1, -0.05) is 35.9 Å². The van der Waals surface area contributed by atoms with Crippen molar-refractivity contribution in [2.75, 3.05) is 12.4 Å². The van der Waals surface area contributed by atoms with Crippen LogP contribution in [0.4, 0.5) is 5.69 Å². The van der Waals surface area contributed by atoms with E-state index in [-0.39, 0.29) is 0 Å². The Morgan fingerprint density at radius 1 is 1.16 bits per heavy atom. The molecular formula is C19H18ClNO4. The Labute approximate surface area is 151 Å². The second-order valence-corrected chi connectivity index (χ2v) is 5.59. The molecule has 0 aromatic heterocycles. The maximum atomic E-state index is 12.1. The molecule has 0 spiro atoms. The summed E-state index contributed by atoms with van der Waals surface area (Å²) >= 11 is 5.86. The van der Waals surface area contributed by atoms with Crippen LogP contribution in [0.3, 0.4) is 0 Å². The van der Waals surface area contributed by atoms with E-state index in [1.165, 1.54) is 13.0 Å². The molecule has 0 fully saturated rings. The summed E-state index contributed by atoms with van der Waals surface area (Å²) in [6, 6.07) is 14.0. The van der Waals surface area contributed by atoms with Crippen LogP contribution in [0.15, 0.2) is 54.6 Å². The minimum Gasteiger partial charge on any atom is -0.496 e. The fourth-order valence-electron chi connectivity index (χ4n) is 2.04. The van der Waals surface area contributed by atoms with E-state index < -0.39 is 18.0 Å². The van der Waals surface area contributed by atoms with Crippen LogP contribution in [0.1, 0.15) is 12.5 Å². The normalized spacial score (nSPS) is 11.8. The average molecular weight is 360 g/mol. The molecule has 0 aliphatic carbocycles. The summed E-state index contributed by atoms with van der Waals surface area (Å²) in [6.07, 6.45) is 1.87. The summed E-state index contributed by atoms with van der Waals surface area (Å²) in [6.45, 7) is 1.49. The first kappa shape index (κ1) is 18.5. The second-order valence-electron chi connectivity index (χ2n) is 5.15. The Balaban J connectivity index is 1.93. The van der Waals surface area contributed by atoms with Gasteiger partial charge >= 0.3 is 5.97 Å². The molecule has 2 aromatic rings. The molecule has 0 unspecified atom stereocenters. The van der Waals surface area contributed by atoms with Gasteiger partial charge in [0, 0.05) is 22.3 Å². The number of nitrogens with one attached hydrogen (secondary N) is 1. The first-order valence-electron chi connectivity index (χ1n) is 7.57. The van der Waals surface area contributed by atoms with Crippen LogP contribution in [0, 0.1) is 0 Å². The van der Waals surface area contributed by atoms with Crippen molar-refractivity contribution >= 4 is 35.2 Å². The lowest BCUT2D eigenvalue weighted by Gasteiger charge is -2.12. The maximum Gasteiger partial charge on any atom is 0.331 e. The predicted molar refractivity (Wildman–Crippen MR) is 97.7 cm³/mol. The molecule has 2 aromatic carbocycles. The van der Waals surface area contributed by atoms with Crippen LogP contribution in [-0.2, 0) is 14.3 Å². The number of methoxy groups -OCH3 is 1. The molecule has 1 atom stereocenters. The monoisotopic (exact) mass is 359 g/mol. The Morgan fingerprint density at radius 2 is 1.92 bits per heavy atom. The number of rotatable bonds is 6. The average Bonchev–Trinajstić information content (AvgIpc) is 2.60. The number of ether oxygens (including phenoxy) is 2. The summed E-state index contributed by atoms with van der Waals surface area (Å²) in [7, 11) is 1.55. The maximum absolute atomic E-state index is 12.1. The van der Waals surface area contributed by atoms with Gasteiger partial charge in [-0.05, 0) is 37.3 Å². The topological polar surface area (TPSA) is 64.6 Å². The van der Waals surface area contributed by atoms with Gasteiger partial charge in [0.2, 0.25) is 0 Å². The van der Waals surface area contributed by atoms with Crippen LogP contribution >= 0.6 is 11.6 Å². The van der Waals surface area contributed by atoms with Crippen molar-refractivity contribution in [2.24, 2.45) is 0 Å². The molecule has 2 rings (SSSR count). The SMILES string of the molecule is COc1ccccc1/C=C/C(=O)O[C@@H](C)C(=O)Nc1cccc(Cl)c1. The summed E-state index contributed by atoms with van der Waals surface area (Å²) in [4.78, 5) is 23.9. The first-order valence-corrected chi connectivity index (χ1v) is 7.95. The zero-order valence-electron chi connectivity index (χ0n) is 13.9. The largest absolute Gasteiger partial charge is 0.496 e. The van der Waals surface area contributed by atoms with E-state index in [0.717, 1.165) is 5.56 Å². The number of amides is 1. The van der Waals surface area contributed by atoms with E-state index in [0.29, 0.717) is 16.5 Å². The number of carbonyl (C=O) groups is 2. The van der Waals surface area contributed by atoms with Crippen molar-refractivity contribution in [3.05, 3.63) is 65.2 Å². The Kier molecular flexibility index (Phi) is 6.60. The minimum atomic E-state index is -0.950. The van der Waals surface area contributed by atoms with Crippen molar-refractivity contribution in [2.45, 2.75) is 13.0 Å². The predicted octanol–water partition coefficient (Wildman–Crippen LogP) is 3.93. The number of halogens is 1. The zero-order valence-corrected chi connectivity index (χ0v) is 14.6. The third-order valence-electron chi connectivity index (χ3n) is 3.29. The number of hydrogen-bond donors (Lipinski definition) is 1. The summed E-state index contributed by atoms with van der Waals surface area (Å²) in [5.41, 5.74) is 1.27. The number of hydrogen-bond acceptors (Lipinski definition) is 4. The van der Waals surface area contributed by atoms with E-state index in [1.807, 2.05) is 12.1 Å². The molecule has 25 heavy (non-hydrogen) atoms. The molecule has 1 N–H and O–H groups in total. The highest BCUT2D eigenvalue weighted by Crippen LogP contribution is 2.19. The van der Waals surface area contributed by atoms with Crippen LogP contribution in [-0.4, -0.2) is 25.1 Å². The van der Waals surface area contributed by atoms with Gasteiger partial charge in [-0.15, -0.1) is 0 Å². The van der Waals surface area contributed by atoms with Crippen molar-refractivity contribution in [3.63, 3.8) is 0 Å². The lowest BCUT2D eigenvalue weighted by molar-refractivity contribution is -0.148. The molecule has 1 amide bonds. The molecule has 0 aliphatic heterocycles. The molecule has 0 radical (unpaired) electrons. The highest BCUT2D eigenvalue weighted by atomic mass is 35.5. The van der Waals surface area contributed by atoms with Gasteiger partial charge in [0.15, 0.2) is 6.10 Å². The Bertz CT molecular complexity index is 788. The molecule has 6 heteroatoms. The molecule has 0 bridgehead atoms. The highest BCUT2D eigenvalue weighted by molar-refractivity contribution is 6.30. The van der Waals surface area contributed by atoms with Gasteiger partial charge in [0.1, 0.15) is 5.75 Å². The number of carbonyl (C=O) groups excluding carboxylic acids is 2. The number of anilines is 1. The number of para-hydroxylation sites is 1. The zero-order chi connectivity index (χ0) is 18.2. The van der Waals surface area contributed by atoms with Crippen LogP contribution in [0.5, 0.6) is 5.75 Å². The lowest BCUT2D eigenvalue weighted by atomic mass is 10.2. The summed E-state index contributed by atoms with van der Waals surface area (Å²) in [5, 5.41) is 3.14. The lowest BCUT2D eigenvalue weighted by Crippen LogP contribution is -2.29. The smallest absolute Gasteiger partial charge is 0.331 e. The molecule has 130 valence electrons. The van der Waals surface area contributed by atoms with Gasteiger partial charge in [-0.3, -0.25) is 4.79 Å². The van der Waals surface area contributed by atoms with Gasteiger partial charge in [-0.25, -0.2) is 4.79 Å². The van der Waals surface area contributed by atoms with Crippen molar-refractivity contribution in [1.82, 2.24) is 0 Å². The van der Waals surface area contributed by atoms with Crippen LogP contribution in [0.25, 0.3) is 6.08 Å². The highest BCUT2D eigenvalue weighted by Gasteiger charge is 2.16. The van der Waals surface area contributed by atoms with Gasteiger partial charge in [-0.2, -0.15) is 0 Å². The third-order valence-corrected chi connectivity index (χ3v) is 3.53. The molecule has 0 saturated heterocycles. The third kappa shape index (κ3) is 5.65. The standard InChI is InChI=1S/C19H18ClNO4/c1-13(19(23)21-16-8-5-7-15(20)12-16)25-18(22)11-10-14-6-3-4-9-17(14)24-2/h3-13H,1-2H3,(H,21,23)/b11-10+/t13-/m0/s1. The molecule has 0 saturated carbocycles. The second kappa shape index (κ2) is 8.89. The van der Waals surface area contributed by atoms with E-state index in [9.17, 15) is 9.59 Å². The van der Waals surface area contributed by atoms with Crippen LogP contribution in [0.2, 0.25) is 5.02 Å². The molecule has 0 aliphatic rings. The van der Waals surface area contributed by atoms with Gasteiger partial charge < -0.3 is 14.8 Å². The van der Waals surface area contributed by atoms with E-state index in [2.05, 4.69) is 5.32 Å². The van der Waals surface area contributed by atoms with Gasteiger partial charge in [0.25, 0.3) is 5.91 Å². The van der Waals surface area contributed by atoms with Gasteiger partial charge in [0.05, 0.1) is 7.11 Å². The Hall–Kier alpha value is -2.79. The molecule has 5 nitrogen and oxygen atoms in total. The fraction of sp³-hybridized carbons (Fsp3) is 0.158. The summed E-state index contributed by atoms with van der Waals surface area (Å²) < 4.78 is 10.3. The fourth-order valence-corrected chi connectivity index (χ4v) is 2.23. The number of esters is 1. The van der Waals surface area contributed by atoms with Crippen molar-refractivity contribution in [1.29, 1.82) is 0 Å². The number of benzene rings is 2. The first-order chi connectivity index (χ1) is 12.0. The van der Waals surface area contributed by atoms with Crippen LogP contribution < -0.4 is 10.1 Å². The van der Waals surface area contributed by atoms with Crippen molar-refractivity contribution in [3.8, 4) is 5.75 Å². The minimum absolute atomic E-state index is 0.443. The van der Waals surface area contributed by atoms with E-state index >= 15 is 0 Å². The molecular weight excluding hydrogens is 342 g/mol.